The molecule has 2 atom stereocenters. The van der Waals surface area contributed by atoms with Crippen LogP contribution < -0.4 is 5.32 Å². The van der Waals surface area contributed by atoms with Gasteiger partial charge in [-0.25, -0.2) is 9.48 Å². The van der Waals surface area contributed by atoms with Crippen LogP contribution in [0.5, 0.6) is 0 Å². The van der Waals surface area contributed by atoms with Crippen LogP contribution in [-0.4, -0.2) is 63.0 Å². The summed E-state index contributed by atoms with van der Waals surface area (Å²) in [7, 11) is 1.30. The first-order valence-corrected chi connectivity index (χ1v) is 11.1. The summed E-state index contributed by atoms with van der Waals surface area (Å²) in [5.74, 6) is -0.594. The number of nitrogens with zero attached hydrogens (tertiary/aromatic N) is 5. The van der Waals surface area contributed by atoms with Gasteiger partial charge in [-0.1, -0.05) is 35.0 Å². The molecule has 0 bridgehead atoms. The number of rotatable bonds is 8. The van der Waals surface area contributed by atoms with E-state index in [0.717, 1.165) is 11.3 Å². The third-order valence-corrected chi connectivity index (χ3v) is 5.89. The van der Waals surface area contributed by atoms with Crippen molar-refractivity contribution in [1.29, 1.82) is 0 Å². The van der Waals surface area contributed by atoms with E-state index in [4.69, 9.17) is 16.3 Å². The molecule has 0 spiro atoms. The van der Waals surface area contributed by atoms with Crippen molar-refractivity contribution in [3.05, 3.63) is 76.8 Å². The number of benzene rings is 1. The molecule has 9 nitrogen and oxygen atoms in total. The molecule has 0 aliphatic carbocycles. The van der Waals surface area contributed by atoms with Gasteiger partial charge in [0.15, 0.2) is 5.69 Å². The Morgan fingerprint density at radius 1 is 1.24 bits per heavy atom. The summed E-state index contributed by atoms with van der Waals surface area (Å²) in [4.78, 5) is 31.4. The fraction of sp³-hybridized carbons (Fsp3) is 0.348. The average molecular weight is 469 g/mol. The number of amides is 1. The summed E-state index contributed by atoms with van der Waals surface area (Å²) in [6, 6.07) is 12.9. The van der Waals surface area contributed by atoms with Crippen LogP contribution in [-0.2, 0) is 22.5 Å². The van der Waals surface area contributed by atoms with Gasteiger partial charge in [0.05, 0.1) is 31.1 Å². The zero-order valence-electron chi connectivity index (χ0n) is 18.2. The van der Waals surface area contributed by atoms with Gasteiger partial charge in [-0.3, -0.25) is 14.7 Å². The van der Waals surface area contributed by atoms with E-state index in [0.29, 0.717) is 37.5 Å². The van der Waals surface area contributed by atoms with Crippen molar-refractivity contribution in [2.45, 2.75) is 31.5 Å². The predicted molar refractivity (Wildman–Crippen MR) is 122 cm³/mol. The summed E-state index contributed by atoms with van der Waals surface area (Å²) in [5.41, 5.74) is 2.09. The number of aromatic nitrogens is 4. The van der Waals surface area contributed by atoms with E-state index in [-0.39, 0.29) is 23.7 Å². The first-order valence-electron chi connectivity index (χ1n) is 10.7. The number of hydrogen-bond donors (Lipinski definition) is 1. The Labute approximate surface area is 196 Å². The van der Waals surface area contributed by atoms with Crippen molar-refractivity contribution in [2.24, 2.45) is 0 Å². The van der Waals surface area contributed by atoms with Gasteiger partial charge in [0.25, 0.3) is 0 Å². The van der Waals surface area contributed by atoms with Gasteiger partial charge in [-0.05, 0) is 42.7 Å². The van der Waals surface area contributed by atoms with Crippen LogP contribution in [0.2, 0.25) is 5.02 Å². The molecule has 1 saturated heterocycles. The largest absolute Gasteiger partial charge is 0.464 e. The molecule has 4 rings (SSSR count). The molecular weight excluding hydrogens is 444 g/mol. The van der Waals surface area contributed by atoms with E-state index in [1.165, 1.54) is 7.11 Å². The predicted octanol–water partition coefficient (Wildman–Crippen LogP) is 2.29. The molecule has 1 amide bonds. The zero-order chi connectivity index (χ0) is 23.2. The van der Waals surface area contributed by atoms with Gasteiger partial charge >= 0.3 is 5.97 Å². The maximum absolute atomic E-state index is 13.1. The van der Waals surface area contributed by atoms with Gasteiger partial charge < -0.3 is 10.1 Å². The third-order valence-electron chi connectivity index (χ3n) is 5.66. The highest BCUT2D eigenvalue weighted by molar-refractivity contribution is 6.30. The minimum Gasteiger partial charge on any atom is -0.464 e. The van der Waals surface area contributed by atoms with E-state index in [9.17, 15) is 9.59 Å². The van der Waals surface area contributed by atoms with E-state index in [1.807, 2.05) is 42.5 Å². The molecule has 10 heteroatoms. The van der Waals surface area contributed by atoms with Gasteiger partial charge in [-0.15, -0.1) is 5.10 Å². The SMILES string of the molecule is COC(=O)c1cn([C@@H]2C[C@@H](C(=O)NCCc3cccc(Cl)c3)N(Cc3ccccn3)C2)nn1. The number of hydrogen-bond acceptors (Lipinski definition) is 7. The monoisotopic (exact) mass is 468 g/mol. The molecule has 1 aliphatic rings. The van der Waals surface area contributed by atoms with Crippen LogP contribution in [0.1, 0.15) is 34.2 Å². The van der Waals surface area contributed by atoms with Crippen molar-refractivity contribution in [2.75, 3.05) is 20.2 Å². The van der Waals surface area contributed by atoms with E-state index >= 15 is 0 Å². The molecule has 172 valence electrons. The quantitative estimate of drug-likeness (QED) is 0.506. The number of likely N-dealkylation sites (tertiary alicyclic amines) is 1. The number of esters is 1. The molecule has 1 fully saturated rings. The van der Waals surface area contributed by atoms with Crippen LogP contribution in [0.4, 0.5) is 0 Å². The number of ether oxygens (including phenoxy) is 1. The molecule has 0 radical (unpaired) electrons. The maximum atomic E-state index is 13.1. The first-order chi connectivity index (χ1) is 16.0. The first kappa shape index (κ1) is 22.9. The second kappa shape index (κ2) is 10.5. The number of nitrogens with one attached hydrogen (secondary N) is 1. The lowest BCUT2D eigenvalue weighted by Gasteiger charge is -2.23. The molecule has 1 aromatic carbocycles. The second-order valence-electron chi connectivity index (χ2n) is 7.90. The van der Waals surface area contributed by atoms with Crippen molar-refractivity contribution >= 4 is 23.5 Å². The van der Waals surface area contributed by atoms with Crippen LogP contribution >= 0.6 is 11.6 Å². The Balaban J connectivity index is 1.44. The van der Waals surface area contributed by atoms with Crippen molar-refractivity contribution < 1.29 is 14.3 Å². The Kier molecular flexibility index (Phi) is 7.31. The highest BCUT2D eigenvalue weighted by Crippen LogP contribution is 2.28. The van der Waals surface area contributed by atoms with Gasteiger partial charge in [-0.2, -0.15) is 0 Å². The molecular formula is C23H25ClN6O3. The second-order valence-corrected chi connectivity index (χ2v) is 8.34. The number of pyridine rings is 1. The molecule has 0 unspecified atom stereocenters. The van der Waals surface area contributed by atoms with Crippen molar-refractivity contribution in [3.63, 3.8) is 0 Å². The van der Waals surface area contributed by atoms with Gasteiger partial charge in [0.1, 0.15) is 0 Å². The minimum atomic E-state index is -0.542. The fourth-order valence-electron chi connectivity index (χ4n) is 4.01. The Morgan fingerprint density at radius 2 is 2.12 bits per heavy atom. The summed E-state index contributed by atoms with van der Waals surface area (Å²) in [6.45, 7) is 1.61. The standard InChI is InChI=1S/C23H25ClN6O3/c1-33-23(32)20-15-30(28-27-20)19-12-21(29(14-19)13-18-7-2-3-9-25-18)22(31)26-10-8-16-5-4-6-17(24)11-16/h2-7,9,11,15,19,21H,8,10,12-14H2,1H3,(H,26,31)/t19-,21+/m1/s1. The molecule has 1 aliphatic heterocycles. The lowest BCUT2D eigenvalue weighted by Crippen LogP contribution is -2.43. The number of carbonyl (C=O) groups excluding carboxylic acids is 2. The van der Waals surface area contributed by atoms with Gasteiger partial charge in [0.2, 0.25) is 5.91 Å². The van der Waals surface area contributed by atoms with Gasteiger partial charge in [0, 0.05) is 30.9 Å². The van der Waals surface area contributed by atoms with Crippen LogP contribution in [0, 0.1) is 0 Å². The topological polar surface area (TPSA) is 102 Å². The molecule has 3 heterocycles. The molecule has 3 aromatic rings. The Bertz CT molecular complexity index is 1110. The van der Waals surface area contributed by atoms with Crippen molar-refractivity contribution in [1.82, 2.24) is 30.2 Å². The highest BCUT2D eigenvalue weighted by Gasteiger charge is 2.38. The Morgan fingerprint density at radius 3 is 2.88 bits per heavy atom. The molecule has 1 N–H and O–H groups in total. The smallest absolute Gasteiger partial charge is 0.360 e. The minimum absolute atomic E-state index is 0.0521. The summed E-state index contributed by atoms with van der Waals surface area (Å²) in [6.07, 6.45) is 4.53. The third kappa shape index (κ3) is 5.74. The van der Waals surface area contributed by atoms with Crippen LogP contribution in [0.25, 0.3) is 0 Å². The van der Waals surface area contributed by atoms with Crippen LogP contribution in [0.3, 0.4) is 0 Å². The zero-order valence-corrected chi connectivity index (χ0v) is 19.0. The lowest BCUT2D eigenvalue weighted by atomic mass is 10.1. The lowest BCUT2D eigenvalue weighted by molar-refractivity contribution is -0.125. The molecule has 33 heavy (non-hydrogen) atoms. The van der Waals surface area contributed by atoms with E-state index in [2.05, 4.69) is 25.5 Å². The Hall–Kier alpha value is -3.30. The number of methoxy groups -OCH3 is 1. The summed E-state index contributed by atoms with van der Waals surface area (Å²) >= 11 is 6.05. The molecule has 2 aromatic heterocycles. The van der Waals surface area contributed by atoms with E-state index < -0.39 is 5.97 Å². The normalized spacial score (nSPS) is 18.2. The van der Waals surface area contributed by atoms with E-state index in [1.54, 1.807) is 17.1 Å². The summed E-state index contributed by atoms with van der Waals surface area (Å²) < 4.78 is 6.35. The highest BCUT2D eigenvalue weighted by atomic mass is 35.5. The van der Waals surface area contributed by atoms with Crippen molar-refractivity contribution in [3.8, 4) is 0 Å². The summed E-state index contributed by atoms with van der Waals surface area (Å²) in [5, 5.41) is 11.7. The fourth-order valence-corrected chi connectivity index (χ4v) is 4.22. The maximum Gasteiger partial charge on any atom is 0.360 e. The number of halogens is 1. The molecule has 0 saturated carbocycles. The number of carbonyl (C=O) groups is 2. The van der Waals surface area contributed by atoms with Crippen LogP contribution in [0.15, 0.2) is 54.9 Å². The average Bonchev–Trinajstić information content (AvgIpc) is 3.47.